The zero-order valence-electron chi connectivity index (χ0n) is 7.53. The van der Waals surface area contributed by atoms with E-state index in [9.17, 15) is 4.79 Å². The predicted octanol–water partition coefficient (Wildman–Crippen LogP) is 3.07. The number of aryl methyl sites for hydroxylation is 1. The van der Waals surface area contributed by atoms with Crippen LogP contribution in [-0.2, 0) is 4.79 Å². The minimum Gasteiger partial charge on any atom is -0.281 e. The third-order valence-corrected chi connectivity index (χ3v) is 1.66. The van der Waals surface area contributed by atoms with E-state index in [4.69, 9.17) is 11.6 Å². The van der Waals surface area contributed by atoms with Gasteiger partial charge in [0.05, 0.1) is 0 Å². The molecule has 0 heterocycles. The summed E-state index contributed by atoms with van der Waals surface area (Å²) in [5.74, 6) is 0.544. The standard InChI is InChI=1S/C7H8.C3H5ClOS/c1-7-5-3-2-4-6-7;4-3(5)1-2-6/h2-6H,1H3;6H,1-2H2. The number of carbonyl (C=O) groups excluding carboxylic acids is 1. The van der Waals surface area contributed by atoms with Crippen LogP contribution in [0.15, 0.2) is 30.3 Å². The van der Waals surface area contributed by atoms with Gasteiger partial charge < -0.3 is 0 Å². The third kappa shape index (κ3) is 9.44. The molecule has 0 amide bonds. The lowest BCUT2D eigenvalue weighted by Gasteiger charge is -1.82. The van der Waals surface area contributed by atoms with Crippen LogP contribution < -0.4 is 0 Å². The van der Waals surface area contributed by atoms with Crippen molar-refractivity contribution in [1.82, 2.24) is 0 Å². The van der Waals surface area contributed by atoms with Gasteiger partial charge >= 0.3 is 0 Å². The molecule has 0 atom stereocenters. The van der Waals surface area contributed by atoms with Gasteiger partial charge in [0.15, 0.2) is 0 Å². The van der Waals surface area contributed by atoms with E-state index in [1.807, 2.05) is 18.2 Å². The maximum atomic E-state index is 9.76. The molecule has 0 unspecified atom stereocenters. The molecule has 1 rings (SSSR count). The Morgan fingerprint density at radius 3 is 2.08 bits per heavy atom. The van der Waals surface area contributed by atoms with E-state index < -0.39 is 0 Å². The molecule has 0 aliphatic rings. The van der Waals surface area contributed by atoms with E-state index in [0.717, 1.165) is 0 Å². The molecular formula is C10H13ClOS. The van der Waals surface area contributed by atoms with E-state index in [-0.39, 0.29) is 5.24 Å². The summed E-state index contributed by atoms with van der Waals surface area (Å²) >= 11 is 8.64. The quantitative estimate of drug-likeness (QED) is 0.594. The van der Waals surface area contributed by atoms with Gasteiger partial charge in [0.2, 0.25) is 5.24 Å². The molecule has 1 aromatic rings. The summed E-state index contributed by atoms with van der Waals surface area (Å²) in [6.07, 6.45) is 0.366. The highest BCUT2D eigenvalue weighted by atomic mass is 35.5. The normalized spacial score (nSPS) is 8.54. The van der Waals surface area contributed by atoms with E-state index in [1.54, 1.807) is 0 Å². The Bertz CT molecular complexity index is 236. The number of rotatable bonds is 2. The van der Waals surface area contributed by atoms with Crippen molar-refractivity contribution in [2.24, 2.45) is 0 Å². The van der Waals surface area contributed by atoms with Crippen molar-refractivity contribution in [3.05, 3.63) is 35.9 Å². The number of halogens is 1. The highest BCUT2D eigenvalue weighted by Crippen LogP contribution is 1.92. The summed E-state index contributed by atoms with van der Waals surface area (Å²) in [6, 6.07) is 10.3. The molecule has 13 heavy (non-hydrogen) atoms. The Labute approximate surface area is 89.5 Å². The SMILES string of the molecule is Cc1ccccc1.O=C(Cl)CCS. The minimum atomic E-state index is -0.315. The van der Waals surface area contributed by atoms with Gasteiger partial charge in [-0.25, -0.2) is 0 Å². The van der Waals surface area contributed by atoms with Crippen LogP contribution in [0.25, 0.3) is 0 Å². The van der Waals surface area contributed by atoms with Crippen molar-refractivity contribution in [2.75, 3.05) is 5.75 Å². The van der Waals surface area contributed by atoms with Crippen LogP contribution in [0.5, 0.6) is 0 Å². The third-order valence-electron chi connectivity index (χ3n) is 1.25. The average Bonchev–Trinajstić information content (AvgIpc) is 2.06. The van der Waals surface area contributed by atoms with Crippen LogP contribution in [0.1, 0.15) is 12.0 Å². The maximum Gasteiger partial charge on any atom is 0.222 e. The van der Waals surface area contributed by atoms with Gasteiger partial charge in [-0.3, -0.25) is 4.79 Å². The monoisotopic (exact) mass is 216 g/mol. The second-order valence-corrected chi connectivity index (χ2v) is 3.35. The lowest BCUT2D eigenvalue weighted by molar-refractivity contribution is -0.111. The highest BCUT2D eigenvalue weighted by Gasteiger charge is 1.87. The van der Waals surface area contributed by atoms with Crippen molar-refractivity contribution >= 4 is 29.5 Å². The zero-order valence-corrected chi connectivity index (χ0v) is 9.18. The first-order valence-electron chi connectivity index (χ1n) is 3.97. The van der Waals surface area contributed by atoms with Gasteiger partial charge in [-0.05, 0) is 24.3 Å². The van der Waals surface area contributed by atoms with Crippen molar-refractivity contribution in [2.45, 2.75) is 13.3 Å². The van der Waals surface area contributed by atoms with Gasteiger partial charge in [-0.2, -0.15) is 12.6 Å². The molecular weight excluding hydrogens is 204 g/mol. The van der Waals surface area contributed by atoms with Gasteiger partial charge in [0.25, 0.3) is 0 Å². The molecule has 0 bridgehead atoms. The molecule has 0 saturated carbocycles. The molecule has 0 fully saturated rings. The molecule has 72 valence electrons. The zero-order chi connectivity index (χ0) is 10.1. The molecule has 1 aromatic carbocycles. The topological polar surface area (TPSA) is 17.1 Å². The summed E-state index contributed by atoms with van der Waals surface area (Å²) in [6.45, 7) is 2.08. The minimum absolute atomic E-state index is 0.315. The molecule has 0 aliphatic carbocycles. The number of hydrogen-bond donors (Lipinski definition) is 1. The predicted molar refractivity (Wildman–Crippen MR) is 60.5 cm³/mol. The Morgan fingerprint density at radius 1 is 1.38 bits per heavy atom. The first-order chi connectivity index (χ1) is 6.16. The fraction of sp³-hybridized carbons (Fsp3) is 0.300. The number of hydrogen-bond acceptors (Lipinski definition) is 2. The van der Waals surface area contributed by atoms with E-state index in [2.05, 4.69) is 31.7 Å². The number of benzene rings is 1. The lowest BCUT2D eigenvalue weighted by Crippen LogP contribution is -1.83. The van der Waals surface area contributed by atoms with Crippen molar-refractivity contribution in [3.8, 4) is 0 Å². The fourth-order valence-electron chi connectivity index (χ4n) is 0.622. The first kappa shape index (κ1) is 12.5. The number of thiol groups is 1. The summed E-state index contributed by atoms with van der Waals surface area (Å²) < 4.78 is 0. The van der Waals surface area contributed by atoms with Crippen molar-refractivity contribution in [3.63, 3.8) is 0 Å². The van der Waals surface area contributed by atoms with Gasteiger partial charge in [-0.1, -0.05) is 35.9 Å². The molecule has 0 aliphatic heterocycles. The van der Waals surface area contributed by atoms with E-state index in [0.29, 0.717) is 12.2 Å². The maximum absolute atomic E-state index is 9.76. The Morgan fingerprint density at radius 2 is 1.92 bits per heavy atom. The average molecular weight is 217 g/mol. The van der Waals surface area contributed by atoms with Crippen LogP contribution >= 0.6 is 24.2 Å². The Hall–Kier alpha value is -0.470. The van der Waals surface area contributed by atoms with Crippen molar-refractivity contribution < 1.29 is 4.79 Å². The van der Waals surface area contributed by atoms with Gasteiger partial charge in [0, 0.05) is 6.42 Å². The molecule has 1 nitrogen and oxygen atoms in total. The summed E-state index contributed by atoms with van der Waals surface area (Å²) in [5, 5.41) is -0.315. The molecule has 0 spiro atoms. The van der Waals surface area contributed by atoms with Crippen LogP contribution in [0.2, 0.25) is 0 Å². The van der Waals surface area contributed by atoms with Crippen LogP contribution in [0.3, 0.4) is 0 Å². The van der Waals surface area contributed by atoms with Gasteiger partial charge in [-0.15, -0.1) is 0 Å². The molecule has 3 heteroatoms. The van der Waals surface area contributed by atoms with E-state index >= 15 is 0 Å². The lowest BCUT2D eigenvalue weighted by atomic mass is 10.2. The summed E-state index contributed by atoms with van der Waals surface area (Å²) in [5.41, 5.74) is 1.32. The first-order valence-corrected chi connectivity index (χ1v) is 4.98. The summed E-state index contributed by atoms with van der Waals surface area (Å²) in [7, 11) is 0. The van der Waals surface area contributed by atoms with E-state index in [1.165, 1.54) is 5.56 Å². The van der Waals surface area contributed by atoms with Crippen molar-refractivity contribution in [1.29, 1.82) is 0 Å². The largest absolute Gasteiger partial charge is 0.281 e. The van der Waals surface area contributed by atoms with Crippen LogP contribution in [0.4, 0.5) is 0 Å². The van der Waals surface area contributed by atoms with Crippen LogP contribution in [-0.4, -0.2) is 11.0 Å². The highest BCUT2D eigenvalue weighted by molar-refractivity contribution is 7.80. The van der Waals surface area contributed by atoms with Crippen LogP contribution in [0, 0.1) is 6.92 Å². The second kappa shape index (κ2) is 8.14. The molecule has 0 N–H and O–H groups in total. The van der Waals surface area contributed by atoms with Gasteiger partial charge in [0.1, 0.15) is 0 Å². The number of carbonyl (C=O) groups is 1. The fourth-order valence-corrected chi connectivity index (χ4v) is 1.05. The molecule has 0 aromatic heterocycles. The second-order valence-electron chi connectivity index (χ2n) is 2.48. The smallest absolute Gasteiger partial charge is 0.222 e. The Kier molecular flexibility index (Phi) is 7.85. The Balaban J connectivity index is 0.000000226. The molecule has 0 saturated heterocycles. The molecule has 0 radical (unpaired) electrons. The summed E-state index contributed by atoms with van der Waals surface area (Å²) in [4.78, 5) is 9.76.